The third-order valence-electron chi connectivity index (χ3n) is 2.55. The normalized spacial score (nSPS) is 15.4. The third kappa shape index (κ3) is 3.85. The fourth-order valence-corrected chi connectivity index (χ4v) is 2.36. The first-order valence-electron chi connectivity index (χ1n) is 5.88. The van der Waals surface area contributed by atoms with E-state index >= 15 is 0 Å². The molecule has 5 heteroatoms. The minimum Gasteiger partial charge on any atom is -0.242 e. The third-order valence-corrected chi connectivity index (χ3v) is 4.16. The lowest BCUT2D eigenvalue weighted by atomic mass is 10.1. The molecular formula is C13H19F2NOS. The highest BCUT2D eigenvalue weighted by Crippen LogP contribution is 2.23. The maximum absolute atomic E-state index is 13.7. The van der Waals surface area contributed by atoms with Gasteiger partial charge in [0.05, 0.1) is 15.7 Å². The van der Waals surface area contributed by atoms with Crippen molar-refractivity contribution in [2.45, 2.75) is 44.9 Å². The molecule has 0 amide bonds. The van der Waals surface area contributed by atoms with Gasteiger partial charge in [-0.15, -0.1) is 0 Å². The Morgan fingerprint density at radius 1 is 1.33 bits per heavy atom. The molecule has 0 heterocycles. The van der Waals surface area contributed by atoms with Gasteiger partial charge in [0.2, 0.25) is 0 Å². The molecule has 0 aliphatic carbocycles. The highest BCUT2D eigenvalue weighted by Gasteiger charge is 2.24. The molecule has 0 aliphatic rings. The van der Waals surface area contributed by atoms with Crippen molar-refractivity contribution in [3.8, 4) is 0 Å². The van der Waals surface area contributed by atoms with Gasteiger partial charge in [-0.05, 0) is 33.3 Å². The summed E-state index contributed by atoms with van der Waals surface area (Å²) in [5, 5.41) is 0. The molecular weight excluding hydrogens is 256 g/mol. The van der Waals surface area contributed by atoms with E-state index in [0.717, 1.165) is 6.07 Å². The van der Waals surface area contributed by atoms with Gasteiger partial charge in [0, 0.05) is 17.7 Å². The molecule has 1 N–H and O–H groups in total. The lowest BCUT2D eigenvalue weighted by Crippen LogP contribution is -2.35. The zero-order valence-corrected chi connectivity index (χ0v) is 11.9. The van der Waals surface area contributed by atoms with E-state index in [1.165, 1.54) is 12.1 Å². The van der Waals surface area contributed by atoms with E-state index in [0.29, 0.717) is 12.0 Å². The van der Waals surface area contributed by atoms with Crippen LogP contribution in [0.5, 0.6) is 0 Å². The number of nitrogens with one attached hydrogen (secondary N) is 1. The Balaban J connectivity index is 2.93. The van der Waals surface area contributed by atoms with E-state index in [1.807, 2.05) is 27.7 Å². The summed E-state index contributed by atoms with van der Waals surface area (Å²) in [6, 6.07) is 3.07. The quantitative estimate of drug-likeness (QED) is 0.895. The Hall–Kier alpha value is -0.810. The highest BCUT2D eigenvalue weighted by atomic mass is 32.2. The molecule has 18 heavy (non-hydrogen) atoms. The van der Waals surface area contributed by atoms with E-state index in [-0.39, 0.29) is 6.04 Å². The van der Waals surface area contributed by atoms with Gasteiger partial charge in [-0.1, -0.05) is 13.0 Å². The van der Waals surface area contributed by atoms with Crippen LogP contribution >= 0.6 is 0 Å². The van der Waals surface area contributed by atoms with Crippen LogP contribution < -0.4 is 4.72 Å². The molecule has 0 aromatic heterocycles. The molecule has 1 rings (SSSR count). The van der Waals surface area contributed by atoms with Crippen LogP contribution in [-0.4, -0.2) is 8.96 Å². The first kappa shape index (κ1) is 15.2. The zero-order chi connectivity index (χ0) is 13.9. The van der Waals surface area contributed by atoms with Crippen LogP contribution in [0.2, 0.25) is 0 Å². The SMILES string of the molecule is CCC(N[S@](=O)C(C)(C)C)c1ccc(F)cc1F. The van der Waals surface area contributed by atoms with Crippen molar-refractivity contribution in [1.29, 1.82) is 0 Å². The Bertz CT molecular complexity index is 443. The molecule has 0 saturated carbocycles. The Labute approximate surface area is 109 Å². The van der Waals surface area contributed by atoms with Gasteiger partial charge < -0.3 is 0 Å². The van der Waals surface area contributed by atoms with Gasteiger partial charge in [0.1, 0.15) is 11.6 Å². The minimum absolute atomic E-state index is 0.344. The Morgan fingerprint density at radius 3 is 2.39 bits per heavy atom. The maximum Gasteiger partial charge on any atom is 0.130 e. The van der Waals surface area contributed by atoms with Crippen molar-refractivity contribution in [2.24, 2.45) is 0 Å². The van der Waals surface area contributed by atoms with Gasteiger partial charge in [-0.2, -0.15) is 0 Å². The summed E-state index contributed by atoms with van der Waals surface area (Å²) in [4.78, 5) is 0. The van der Waals surface area contributed by atoms with E-state index in [1.54, 1.807) is 0 Å². The van der Waals surface area contributed by atoms with Crippen LogP contribution in [-0.2, 0) is 11.0 Å². The summed E-state index contributed by atoms with van der Waals surface area (Å²) >= 11 is 0. The summed E-state index contributed by atoms with van der Waals surface area (Å²) in [5.41, 5.74) is 0.344. The van der Waals surface area contributed by atoms with Crippen LogP contribution in [0.4, 0.5) is 8.78 Å². The van der Waals surface area contributed by atoms with Gasteiger partial charge in [0.15, 0.2) is 0 Å². The zero-order valence-electron chi connectivity index (χ0n) is 11.1. The molecule has 0 fully saturated rings. The molecule has 0 saturated heterocycles. The van der Waals surface area contributed by atoms with Gasteiger partial charge >= 0.3 is 0 Å². The maximum atomic E-state index is 13.7. The largest absolute Gasteiger partial charge is 0.242 e. The van der Waals surface area contributed by atoms with E-state index in [9.17, 15) is 13.0 Å². The molecule has 0 aliphatic heterocycles. The molecule has 0 bridgehead atoms. The summed E-state index contributed by atoms with van der Waals surface area (Å²) in [5.74, 6) is -1.22. The van der Waals surface area contributed by atoms with Crippen molar-refractivity contribution in [1.82, 2.24) is 4.72 Å². The second kappa shape index (κ2) is 5.89. The van der Waals surface area contributed by atoms with E-state index < -0.39 is 27.4 Å². The lowest BCUT2D eigenvalue weighted by molar-refractivity contribution is 0.531. The predicted octanol–water partition coefficient (Wildman–Crippen LogP) is 3.47. The van der Waals surface area contributed by atoms with Crippen LogP contribution in [0.25, 0.3) is 0 Å². The fraction of sp³-hybridized carbons (Fsp3) is 0.538. The Morgan fingerprint density at radius 2 is 1.94 bits per heavy atom. The highest BCUT2D eigenvalue weighted by molar-refractivity contribution is 7.84. The van der Waals surface area contributed by atoms with Crippen LogP contribution in [0.3, 0.4) is 0 Å². The second-order valence-corrected chi connectivity index (χ2v) is 7.12. The summed E-state index contributed by atoms with van der Waals surface area (Å²) in [6.07, 6.45) is 0.574. The molecule has 2 atom stereocenters. The van der Waals surface area contributed by atoms with Crippen molar-refractivity contribution >= 4 is 11.0 Å². The number of halogens is 2. The van der Waals surface area contributed by atoms with Gasteiger partial charge in [0.25, 0.3) is 0 Å². The van der Waals surface area contributed by atoms with Crippen molar-refractivity contribution in [3.05, 3.63) is 35.4 Å². The number of benzene rings is 1. The topological polar surface area (TPSA) is 29.1 Å². The van der Waals surface area contributed by atoms with E-state index in [4.69, 9.17) is 0 Å². The molecule has 0 radical (unpaired) electrons. The lowest BCUT2D eigenvalue weighted by Gasteiger charge is -2.24. The Kier molecular flexibility index (Phi) is 4.99. The monoisotopic (exact) mass is 275 g/mol. The average molecular weight is 275 g/mol. The molecule has 2 nitrogen and oxygen atoms in total. The second-order valence-electron chi connectivity index (χ2n) is 5.13. The summed E-state index contributed by atoms with van der Waals surface area (Å²) in [6.45, 7) is 7.37. The molecule has 0 spiro atoms. The smallest absolute Gasteiger partial charge is 0.130 e. The fourth-order valence-electron chi connectivity index (χ4n) is 1.46. The van der Waals surface area contributed by atoms with Crippen molar-refractivity contribution in [3.63, 3.8) is 0 Å². The summed E-state index contributed by atoms with van der Waals surface area (Å²) in [7, 11) is -1.29. The first-order valence-corrected chi connectivity index (χ1v) is 7.03. The number of rotatable bonds is 4. The van der Waals surface area contributed by atoms with E-state index in [2.05, 4.69) is 4.72 Å². The molecule has 1 aromatic rings. The number of hydrogen-bond acceptors (Lipinski definition) is 1. The standard InChI is InChI=1S/C13H19F2NOS/c1-5-12(16-18(17)13(2,3)4)10-7-6-9(14)8-11(10)15/h6-8,12,16H,5H2,1-4H3/t12?,18-/m1/s1. The molecule has 1 unspecified atom stereocenters. The molecule has 102 valence electrons. The van der Waals surface area contributed by atoms with Crippen LogP contribution in [0, 0.1) is 11.6 Å². The van der Waals surface area contributed by atoms with Crippen LogP contribution in [0.15, 0.2) is 18.2 Å². The van der Waals surface area contributed by atoms with Crippen molar-refractivity contribution < 1.29 is 13.0 Å². The predicted molar refractivity (Wildman–Crippen MR) is 70.4 cm³/mol. The van der Waals surface area contributed by atoms with Gasteiger partial charge in [-0.3, -0.25) is 0 Å². The average Bonchev–Trinajstić information content (AvgIpc) is 2.25. The van der Waals surface area contributed by atoms with Gasteiger partial charge in [-0.25, -0.2) is 17.7 Å². The minimum atomic E-state index is -1.29. The van der Waals surface area contributed by atoms with Crippen molar-refractivity contribution in [2.75, 3.05) is 0 Å². The molecule has 1 aromatic carbocycles. The summed E-state index contributed by atoms with van der Waals surface area (Å²) < 4.78 is 41.0. The van der Waals surface area contributed by atoms with Crippen LogP contribution in [0.1, 0.15) is 45.7 Å². The first-order chi connectivity index (χ1) is 8.25. The number of hydrogen-bond donors (Lipinski definition) is 1.